The molecule has 1 amide bonds. The first-order chi connectivity index (χ1) is 12.8. The van der Waals surface area contributed by atoms with Crippen LogP contribution in [0, 0.1) is 0 Å². The van der Waals surface area contributed by atoms with Crippen molar-refractivity contribution in [1.82, 2.24) is 4.98 Å². The van der Waals surface area contributed by atoms with E-state index in [0.29, 0.717) is 12.2 Å². The van der Waals surface area contributed by atoms with Crippen molar-refractivity contribution in [3.8, 4) is 0 Å². The minimum Gasteiger partial charge on any atom is -0.341 e. The monoisotopic (exact) mass is 343 g/mol. The number of nitrogens with zero attached hydrogens (tertiary/aromatic N) is 3. The third kappa shape index (κ3) is 2.94. The number of anilines is 3. The van der Waals surface area contributed by atoms with Crippen LogP contribution in [0.2, 0.25) is 0 Å². The molecule has 0 atom stereocenters. The highest BCUT2D eigenvalue weighted by atomic mass is 16.2. The Labute approximate surface area is 153 Å². The number of hydrogen-bond acceptors (Lipinski definition) is 3. The summed E-state index contributed by atoms with van der Waals surface area (Å²) in [7, 11) is 0. The molecule has 3 aromatic rings. The second-order valence-corrected chi connectivity index (χ2v) is 6.31. The van der Waals surface area contributed by atoms with Crippen LogP contribution in [-0.2, 0) is 6.42 Å². The van der Waals surface area contributed by atoms with E-state index in [1.54, 1.807) is 11.1 Å². The van der Waals surface area contributed by atoms with Gasteiger partial charge in [-0.25, -0.2) is 0 Å². The lowest BCUT2D eigenvalue weighted by Crippen LogP contribution is -2.31. The Morgan fingerprint density at radius 2 is 1.85 bits per heavy atom. The summed E-state index contributed by atoms with van der Waals surface area (Å²) in [4.78, 5) is 21.4. The molecule has 0 fully saturated rings. The summed E-state index contributed by atoms with van der Waals surface area (Å²) in [5.41, 5.74) is 4.93. The first-order valence-corrected chi connectivity index (χ1v) is 8.96. The number of hydrogen-bond donors (Lipinski definition) is 0. The fourth-order valence-electron chi connectivity index (χ4n) is 3.50. The Morgan fingerprint density at radius 3 is 2.65 bits per heavy atom. The quantitative estimate of drug-likeness (QED) is 0.702. The summed E-state index contributed by atoms with van der Waals surface area (Å²) in [6.07, 6.45) is 2.75. The molecule has 4 nitrogen and oxygen atoms in total. The molecule has 26 heavy (non-hydrogen) atoms. The van der Waals surface area contributed by atoms with E-state index in [-0.39, 0.29) is 5.91 Å². The molecule has 1 aliphatic heterocycles. The molecule has 1 aliphatic rings. The molecule has 0 saturated carbocycles. The fourth-order valence-corrected chi connectivity index (χ4v) is 3.50. The second-order valence-electron chi connectivity index (χ2n) is 6.31. The van der Waals surface area contributed by atoms with Gasteiger partial charge in [0.15, 0.2) is 0 Å². The molecule has 130 valence electrons. The van der Waals surface area contributed by atoms with Gasteiger partial charge in [0, 0.05) is 36.3 Å². The molecular weight excluding hydrogens is 322 g/mol. The molecule has 0 bridgehead atoms. The van der Waals surface area contributed by atoms with E-state index in [2.05, 4.69) is 34.1 Å². The highest BCUT2D eigenvalue weighted by Gasteiger charge is 2.22. The van der Waals surface area contributed by atoms with Gasteiger partial charge in [-0.1, -0.05) is 36.4 Å². The minimum atomic E-state index is -0.0759. The average molecular weight is 343 g/mol. The van der Waals surface area contributed by atoms with Crippen molar-refractivity contribution in [2.24, 2.45) is 0 Å². The lowest BCUT2D eigenvalue weighted by molar-refractivity contribution is 0.0983. The van der Waals surface area contributed by atoms with Crippen molar-refractivity contribution >= 4 is 23.0 Å². The number of carbonyl (C=O) groups is 1. The van der Waals surface area contributed by atoms with Gasteiger partial charge >= 0.3 is 0 Å². The van der Waals surface area contributed by atoms with Gasteiger partial charge in [0.05, 0.1) is 0 Å². The van der Waals surface area contributed by atoms with Gasteiger partial charge in [0.2, 0.25) is 0 Å². The molecule has 0 unspecified atom stereocenters. The average Bonchev–Trinajstić information content (AvgIpc) is 3.13. The van der Waals surface area contributed by atoms with Gasteiger partial charge in [0.1, 0.15) is 5.69 Å². The molecule has 4 heteroatoms. The SMILES string of the molecule is CCN(C(=O)c1cc(N2CCc3ccccc32)ccn1)c1ccccc1. The summed E-state index contributed by atoms with van der Waals surface area (Å²) in [5.74, 6) is -0.0759. The molecule has 0 N–H and O–H groups in total. The Bertz CT molecular complexity index is 923. The maximum atomic E-state index is 13.0. The molecule has 0 aliphatic carbocycles. The number of rotatable bonds is 4. The first-order valence-electron chi connectivity index (χ1n) is 8.96. The predicted octanol–water partition coefficient (Wildman–Crippen LogP) is 4.44. The van der Waals surface area contributed by atoms with Crippen molar-refractivity contribution in [3.63, 3.8) is 0 Å². The predicted molar refractivity (Wildman–Crippen MR) is 105 cm³/mol. The van der Waals surface area contributed by atoms with Crippen LogP contribution in [0.15, 0.2) is 72.9 Å². The highest BCUT2D eigenvalue weighted by molar-refractivity contribution is 6.05. The zero-order chi connectivity index (χ0) is 17.9. The van der Waals surface area contributed by atoms with Crippen LogP contribution in [-0.4, -0.2) is 24.0 Å². The Kier molecular flexibility index (Phi) is 4.40. The molecule has 0 saturated heterocycles. The normalized spacial score (nSPS) is 12.7. The third-order valence-electron chi connectivity index (χ3n) is 4.79. The molecule has 2 heterocycles. The van der Waals surface area contributed by atoms with Gasteiger partial charge in [-0.2, -0.15) is 0 Å². The van der Waals surface area contributed by atoms with Crippen molar-refractivity contribution in [3.05, 3.63) is 84.2 Å². The Morgan fingerprint density at radius 1 is 1.08 bits per heavy atom. The largest absolute Gasteiger partial charge is 0.341 e. The van der Waals surface area contributed by atoms with E-state index >= 15 is 0 Å². The molecule has 2 aromatic carbocycles. The maximum Gasteiger partial charge on any atom is 0.276 e. The smallest absolute Gasteiger partial charge is 0.276 e. The van der Waals surface area contributed by atoms with Gasteiger partial charge in [-0.05, 0) is 49.2 Å². The summed E-state index contributed by atoms with van der Waals surface area (Å²) < 4.78 is 0. The molecule has 1 aromatic heterocycles. The molecule has 4 rings (SSSR count). The standard InChI is InChI=1S/C22H21N3O/c1-2-24(18-9-4-3-5-10-18)22(26)20-16-19(12-14-23-20)25-15-13-17-8-6-7-11-21(17)25/h3-12,14,16H,2,13,15H2,1H3. The second kappa shape index (κ2) is 7.00. The number of amides is 1. The Balaban J connectivity index is 1.65. The van der Waals surface area contributed by atoms with Gasteiger partial charge in [-0.15, -0.1) is 0 Å². The number of fused-ring (bicyclic) bond motifs is 1. The topological polar surface area (TPSA) is 36.4 Å². The number of aromatic nitrogens is 1. The summed E-state index contributed by atoms with van der Waals surface area (Å²) >= 11 is 0. The molecular formula is C22H21N3O. The van der Waals surface area contributed by atoms with E-state index < -0.39 is 0 Å². The molecule has 0 radical (unpaired) electrons. The van der Waals surface area contributed by atoms with E-state index in [1.807, 2.05) is 49.4 Å². The van der Waals surface area contributed by atoms with Crippen LogP contribution in [0.4, 0.5) is 17.1 Å². The summed E-state index contributed by atoms with van der Waals surface area (Å²) in [6, 6.07) is 22.0. The first kappa shape index (κ1) is 16.3. The van der Waals surface area contributed by atoms with E-state index in [0.717, 1.165) is 24.3 Å². The van der Waals surface area contributed by atoms with Crippen LogP contribution in [0.1, 0.15) is 23.0 Å². The zero-order valence-electron chi connectivity index (χ0n) is 14.8. The van der Waals surface area contributed by atoms with Crippen LogP contribution in [0.3, 0.4) is 0 Å². The van der Waals surface area contributed by atoms with E-state index in [4.69, 9.17) is 0 Å². The van der Waals surface area contributed by atoms with Crippen LogP contribution < -0.4 is 9.80 Å². The number of benzene rings is 2. The lowest BCUT2D eigenvalue weighted by atomic mass is 10.2. The zero-order valence-corrected chi connectivity index (χ0v) is 14.8. The number of pyridine rings is 1. The Hall–Kier alpha value is -3.14. The van der Waals surface area contributed by atoms with Crippen molar-refractivity contribution in [2.75, 3.05) is 22.9 Å². The van der Waals surface area contributed by atoms with Crippen LogP contribution in [0.5, 0.6) is 0 Å². The van der Waals surface area contributed by atoms with Crippen LogP contribution in [0.25, 0.3) is 0 Å². The minimum absolute atomic E-state index is 0.0759. The van der Waals surface area contributed by atoms with Crippen molar-refractivity contribution in [2.45, 2.75) is 13.3 Å². The van der Waals surface area contributed by atoms with Gasteiger partial charge in [0.25, 0.3) is 5.91 Å². The van der Waals surface area contributed by atoms with Crippen molar-refractivity contribution < 1.29 is 4.79 Å². The fraction of sp³-hybridized carbons (Fsp3) is 0.182. The number of carbonyl (C=O) groups excluding carboxylic acids is 1. The summed E-state index contributed by atoms with van der Waals surface area (Å²) in [6.45, 7) is 3.50. The summed E-state index contributed by atoms with van der Waals surface area (Å²) in [5, 5.41) is 0. The van der Waals surface area contributed by atoms with Gasteiger partial charge < -0.3 is 9.80 Å². The maximum absolute atomic E-state index is 13.0. The van der Waals surface area contributed by atoms with Crippen molar-refractivity contribution in [1.29, 1.82) is 0 Å². The van der Waals surface area contributed by atoms with E-state index in [1.165, 1.54) is 11.3 Å². The van der Waals surface area contributed by atoms with Gasteiger partial charge in [-0.3, -0.25) is 9.78 Å². The number of para-hydroxylation sites is 2. The van der Waals surface area contributed by atoms with Crippen LogP contribution >= 0.6 is 0 Å². The lowest BCUT2D eigenvalue weighted by Gasteiger charge is -2.23. The van der Waals surface area contributed by atoms with E-state index in [9.17, 15) is 4.79 Å². The molecule has 0 spiro atoms. The highest BCUT2D eigenvalue weighted by Crippen LogP contribution is 2.34. The third-order valence-corrected chi connectivity index (χ3v) is 4.79.